The number of ether oxygens (including phenoxy) is 1. The summed E-state index contributed by atoms with van der Waals surface area (Å²) in [7, 11) is 0. The van der Waals surface area contributed by atoms with Crippen molar-refractivity contribution in [2.45, 2.75) is 44.9 Å². The van der Waals surface area contributed by atoms with E-state index in [4.69, 9.17) is 10.00 Å². The number of amides is 2. The number of alkyl halides is 3. The largest absolute Gasteiger partial charge is 0.402 e. The van der Waals surface area contributed by atoms with Crippen molar-refractivity contribution in [2.75, 3.05) is 57.4 Å². The Morgan fingerprint density at radius 1 is 1.26 bits per heavy atom. The van der Waals surface area contributed by atoms with E-state index in [-0.39, 0.29) is 43.5 Å². The first-order chi connectivity index (χ1) is 18.0. The summed E-state index contributed by atoms with van der Waals surface area (Å²) >= 11 is 0. The lowest BCUT2D eigenvalue weighted by Crippen LogP contribution is -2.65. The van der Waals surface area contributed by atoms with Crippen LogP contribution >= 0.6 is 0 Å². The van der Waals surface area contributed by atoms with Crippen molar-refractivity contribution in [2.24, 2.45) is 11.3 Å². The van der Waals surface area contributed by atoms with Gasteiger partial charge < -0.3 is 14.5 Å². The zero-order valence-electron chi connectivity index (χ0n) is 21.6. The Morgan fingerprint density at radius 2 is 2.00 bits per heavy atom. The van der Waals surface area contributed by atoms with Crippen LogP contribution in [0.25, 0.3) is 0 Å². The fourth-order valence-corrected chi connectivity index (χ4v) is 5.64. The Balaban J connectivity index is 1.25. The van der Waals surface area contributed by atoms with Crippen LogP contribution in [0.15, 0.2) is 18.3 Å². The number of nitrogens with zero attached hydrogens (tertiary/aromatic N) is 5. The minimum absolute atomic E-state index is 0.00898. The number of anilines is 1. The third-order valence-electron chi connectivity index (χ3n) is 7.44. The molecule has 0 spiro atoms. The number of carbonyl (C=O) groups is 2. The molecule has 13 heteroatoms. The van der Waals surface area contributed by atoms with Crippen LogP contribution in [0.1, 0.15) is 32.3 Å². The molecule has 38 heavy (non-hydrogen) atoms. The maximum Gasteiger partial charge on any atom is 0.402 e. The number of hydrogen-bond donors (Lipinski definition) is 2. The number of hydrazine groups is 1. The van der Waals surface area contributed by atoms with E-state index in [1.54, 1.807) is 21.9 Å². The summed E-state index contributed by atoms with van der Waals surface area (Å²) in [5.41, 5.74) is 4.98. The predicted molar refractivity (Wildman–Crippen MR) is 132 cm³/mol. The molecule has 0 aromatic carbocycles. The standard InChI is InChI=1S/C25H34F3N7O3/c1-24(2)11-18(35(16-24)19-14-31-32-23(37)22(19)25(26,27)28)15-38-10-5-21(36)34-8-6-33(7-9-34)20-4-3-17(12-29)13-30-20/h3-4,13,18-19,22,31H,5-11,14-16H2,1-2H3,(H,32,37)/t18-,19?,22?/m0/s1. The van der Waals surface area contributed by atoms with E-state index in [2.05, 4.69) is 20.7 Å². The SMILES string of the molecule is CC1(C)C[C@@H](COCCC(=O)N2CCN(c3ccc(C#N)cn3)CC2)N(C2CNNC(=O)C2C(F)(F)F)C1. The van der Waals surface area contributed by atoms with Crippen molar-refractivity contribution in [3.8, 4) is 6.07 Å². The summed E-state index contributed by atoms with van der Waals surface area (Å²) in [6, 6.07) is 4.24. The van der Waals surface area contributed by atoms with Crippen LogP contribution < -0.4 is 15.8 Å². The first-order valence-corrected chi connectivity index (χ1v) is 12.8. The second-order valence-corrected chi connectivity index (χ2v) is 10.9. The highest BCUT2D eigenvalue weighted by atomic mass is 19.4. The summed E-state index contributed by atoms with van der Waals surface area (Å²) in [5, 5.41) is 8.91. The highest BCUT2D eigenvalue weighted by Crippen LogP contribution is 2.40. The molecule has 3 fully saturated rings. The van der Waals surface area contributed by atoms with Crippen molar-refractivity contribution < 1.29 is 27.5 Å². The molecule has 4 rings (SSSR count). The van der Waals surface area contributed by atoms with Crippen LogP contribution in [-0.4, -0.2) is 97.3 Å². The summed E-state index contributed by atoms with van der Waals surface area (Å²) in [5.74, 6) is -2.45. The summed E-state index contributed by atoms with van der Waals surface area (Å²) in [4.78, 5) is 34.7. The minimum atomic E-state index is -4.65. The molecule has 4 heterocycles. The van der Waals surface area contributed by atoms with Gasteiger partial charge in [0.25, 0.3) is 0 Å². The van der Waals surface area contributed by atoms with Crippen LogP contribution in [-0.2, 0) is 14.3 Å². The van der Waals surface area contributed by atoms with Gasteiger partial charge in [0.1, 0.15) is 11.9 Å². The molecule has 3 atom stereocenters. The van der Waals surface area contributed by atoms with Gasteiger partial charge in [0, 0.05) is 57.5 Å². The molecule has 3 saturated heterocycles. The van der Waals surface area contributed by atoms with Gasteiger partial charge in [0.15, 0.2) is 5.92 Å². The molecule has 3 aliphatic heterocycles. The van der Waals surface area contributed by atoms with E-state index in [1.807, 2.05) is 19.9 Å². The van der Waals surface area contributed by atoms with Crippen LogP contribution in [0.5, 0.6) is 0 Å². The lowest BCUT2D eigenvalue weighted by molar-refractivity contribution is -0.202. The average molecular weight is 538 g/mol. The molecule has 2 unspecified atom stereocenters. The quantitative estimate of drug-likeness (QED) is 0.501. The summed E-state index contributed by atoms with van der Waals surface area (Å²) in [6.07, 6.45) is -2.31. The molecule has 0 radical (unpaired) electrons. The number of halogens is 3. The number of carbonyl (C=O) groups excluding carboxylic acids is 2. The number of pyridine rings is 1. The zero-order valence-corrected chi connectivity index (χ0v) is 21.6. The Hall–Kier alpha value is -2.95. The Kier molecular flexibility index (Phi) is 8.44. The molecular formula is C25H34F3N7O3. The molecular weight excluding hydrogens is 503 g/mol. The molecule has 1 aromatic heterocycles. The van der Waals surface area contributed by atoms with Gasteiger partial charge in [-0.1, -0.05) is 13.8 Å². The van der Waals surface area contributed by atoms with Gasteiger partial charge in [-0.05, 0) is 24.0 Å². The van der Waals surface area contributed by atoms with Gasteiger partial charge in [0.2, 0.25) is 11.8 Å². The Bertz CT molecular complexity index is 1040. The maximum absolute atomic E-state index is 13.7. The van der Waals surface area contributed by atoms with Crippen molar-refractivity contribution in [3.63, 3.8) is 0 Å². The number of rotatable bonds is 7. The molecule has 2 N–H and O–H groups in total. The van der Waals surface area contributed by atoms with E-state index in [1.165, 1.54) is 6.20 Å². The van der Waals surface area contributed by atoms with Gasteiger partial charge in [0.05, 0.1) is 25.2 Å². The third-order valence-corrected chi connectivity index (χ3v) is 7.44. The topological polar surface area (TPSA) is 114 Å². The lowest BCUT2D eigenvalue weighted by Gasteiger charge is -2.41. The highest BCUT2D eigenvalue weighted by Gasteiger charge is 2.55. The lowest BCUT2D eigenvalue weighted by atomic mass is 9.91. The van der Waals surface area contributed by atoms with Crippen molar-refractivity contribution in [1.82, 2.24) is 25.6 Å². The Morgan fingerprint density at radius 3 is 2.63 bits per heavy atom. The fourth-order valence-electron chi connectivity index (χ4n) is 5.64. The number of piperazine rings is 1. The normalized spacial score (nSPS) is 26.2. The number of nitrogens with one attached hydrogen (secondary N) is 2. The first-order valence-electron chi connectivity index (χ1n) is 12.8. The van der Waals surface area contributed by atoms with Gasteiger partial charge in [-0.2, -0.15) is 18.4 Å². The average Bonchev–Trinajstić information content (AvgIpc) is 3.19. The fraction of sp³-hybridized carbons (Fsp3) is 0.680. The maximum atomic E-state index is 13.7. The number of nitriles is 1. The van der Waals surface area contributed by atoms with Crippen molar-refractivity contribution >= 4 is 17.6 Å². The van der Waals surface area contributed by atoms with Crippen LogP contribution in [0, 0.1) is 22.7 Å². The van der Waals surface area contributed by atoms with Gasteiger partial charge in [-0.25, -0.2) is 10.4 Å². The monoisotopic (exact) mass is 537 g/mol. The van der Waals surface area contributed by atoms with Crippen molar-refractivity contribution in [1.29, 1.82) is 5.26 Å². The second kappa shape index (κ2) is 11.4. The number of hydrogen-bond acceptors (Lipinski definition) is 8. The van der Waals surface area contributed by atoms with E-state index >= 15 is 0 Å². The molecule has 10 nitrogen and oxygen atoms in total. The predicted octanol–water partition coefficient (Wildman–Crippen LogP) is 1.29. The number of likely N-dealkylation sites (tertiary alicyclic amines) is 1. The van der Waals surface area contributed by atoms with Gasteiger partial charge in [-0.3, -0.25) is 19.9 Å². The molecule has 0 aliphatic carbocycles. The summed E-state index contributed by atoms with van der Waals surface area (Å²) < 4.78 is 47.0. The number of aromatic nitrogens is 1. The second-order valence-electron chi connectivity index (χ2n) is 10.9. The summed E-state index contributed by atoms with van der Waals surface area (Å²) in [6.45, 7) is 7.11. The smallest absolute Gasteiger partial charge is 0.379 e. The molecule has 3 aliphatic rings. The van der Waals surface area contributed by atoms with Crippen LogP contribution in [0.2, 0.25) is 0 Å². The third kappa shape index (κ3) is 6.54. The molecule has 1 aromatic rings. The zero-order chi connectivity index (χ0) is 27.5. The van der Waals surface area contributed by atoms with E-state index in [9.17, 15) is 22.8 Å². The van der Waals surface area contributed by atoms with Gasteiger partial charge in [-0.15, -0.1) is 0 Å². The van der Waals surface area contributed by atoms with E-state index in [0.29, 0.717) is 44.7 Å². The Labute approximate surface area is 220 Å². The molecule has 0 saturated carbocycles. The molecule has 2 amide bonds. The van der Waals surface area contributed by atoms with E-state index in [0.717, 1.165) is 5.82 Å². The highest BCUT2D eigenvalue weighted by molar-refractivity contribution is 5.80. The van der Waals surface area contributed by atoms with Crippen LogP contribution in [0.4, 0.5) is 19.0 Å². The van der Waals surface area contributed by atoms with Crippen molar-refractivity contribution in [3.05, 3.63) is 23.9 Å². The van der Waals surface area contributed by atoms with E-state index < -0.39 is 24.0 Å². The van der Waals surface area contributed by atoms with Crippen LogP contribution in [0.3, 0.4) is 0 Å². The minimum Gasteiger partial charge on any atom is -0.379 e. The van der Waals surface area contributed by atoms with Gasteiger partial charge >= 0.3 is 6.18 Å². The molecule has 0 bridgehead atoms. The first kappa shape index (κ1) is 28.1. The molecule has 208 valence electrons.